The molecule has 2 aliphatic rings. The van der Waals surface area contributed by atoms with Crippen LogP contribution in [0.5, 0.6) is 0 Å². The first-order chi connectivity index (χ1) is 9.59. The zero-order valence-electron chi connectivity index (χ0n) is 12.0. The third-order valence-corrected chi connectivity index (χ3v) is 4.65. The Hall–Kier alpha value is -1.14. The van der Waals surface area contributed by atoms with Gasteiger partial charge in [0.05, 0.1) is 12.0 Å². The van der Waals surface area contributed by atoms with Crippen LogP contribution in [0.3, 0.4) is 0 Å². The minimum absolute atomic E-state index is 0.00556. The summed E-state index contributed by atoms with van der Waals surface area (Å²) in [5.41, 5.74) is 10.6. The fraction of sp³-hybridized carbons (Fsp3) is 0.857. The van der Waals surface area contributed by atoms with E-state index in [1.807, 2.05) is 0 Å². The molecule has 0 spiro atoms. The Kier molecular flexibility index (Phi) is 4.99. The van der Waals surface area contributed by atoms with E-state index < -0.39 is 11.3 Å². The number of carbonyl (C=O) groups excluding carboxylic acids is 2. The first-order valence-corrected chi connectivity index (χ1v) is 7.46. The number of primary amides is 1. The van der Waals surface area contributed by atoms with E-state index >= 15 is 0 Å². The molecule has 0 atom stereocenters. The minimum Gasteiger partial charge on any atom is -0.381 e. The Morgan fingerprint density at radius 3 is 2.30 bits per heavy atom. The second kappa shape index (κ2) is 6.54. The highest BCUT2D eigenvalue weighted by atomic mass is 16.5. The number of amides is 2. The van der Waals surface area contributed by atoms with Gasteiger partial charge in [-0.1, -0.05) is 12.8 Å². The maximum atomic E-state index is 13.0. The van der Waals surface area contributed by atoms with Gasteiger partial charge in [0.1, 0.15) is 0 Å². The van der Waals surface area contributed by atoms with E-state index in [0.717, 1.165) is 25.7 Å². The Balaban J connectivity index is 2.17. The molecule has 1 saturated carbocycles. The number of hydrogen-bond acceptors (Lipinski definition) is 4. The summed E-state index contributed by atoms with van der Waals surface area (Å²) in [5.74, 6) is -0.460. The number of nitrogens with zero attached hydrogens (tertiary/aromatic N) is 1. The van der Waals surface area contributed by atoms with E-state index in [2.05, 4.69) is 0 Å². The van der Waals surface area contributed by atoms with Gasteiger partial charge >= 0.3 is 0 Å². The summed E-state index contributed by atoms with van der Waals surface area (Å²) in [6.45, 7) is 1.42. The molecule has 20 heavy (non-hydrogen) atoms. The van der Waals surface area contributed by atoms with Crippen LogP contribution in [0.4, 0.5) is 0 Å². The molecular formula is C14H25N3O3. The second-order valence-corrected chi connectivity index (χ2v) is 5.93. The number of rotatable bonds is 5. The third kappa shape index (κ3) is 3.12. The Morgan fingerprint density at radius 2 is 1.80 bits per heavy atom. The van der Waals surface area contributed by atoms with Gasteiger partial charge in [0.25, 0.3) is 0 Å². The van der Waals surface area contributed by atoms with Crippen molar-refractivity contribution in [2.75, 3.05) is 26.3 Å². The van der Waals surface area contributed by atoms with E-state index in [4.69, 9.17) is 16.2 Å². The molecule has 2 amide bonds. The molecule has 0 bridgehead atoms. The Morgan fingerprint density at radius 1 is 1.20 bits per heavy atom. The molecule has 0 aromatic rings. The van der Waals surface area contributed by atoms with Gasteiger partial charge in [-0.15, -0.1) is 0 Å². The van der Waals surface area contributed by atoms with Crippen LogP contribution in [0.2, 0.25) is 0 Å². The van der Waals surface area contributed by atoms with Crippen molar-refractivity contribution in [2.45, 2.75) is 44.6 Å². The van der Waals surface area contributed by atoms with Crippen LogP contribution in [0.15, 0.2) is 0 Å². The largest absolute Gasteiger partial charge is 0.381 e. The van der Waals surface area contributed by atoms with Crippen LogP contribution in [0.1, 0.15) is 38.5 Å². The average Bonchev–Trinajstić information content (AvgIpc) is 2.98. The van der Waals surface area contributed by atoms with Crippen molar-refractivity contribution in [3.63, 3.8) is 0 Å². The van der Waals surface area contributed by atoms with E-state index in [-0.39, 0.29) is 18.5 Å². The van der Waals surface area contributed by atoms with Crippen LogP contribution in [-0.4, -0.2) is 49.1 Å². The smallest absolute Gasteiger partial charge is 0.237 e. The maximum absolute atomic E-state index is 13.0. The molecule has 114 valence electrons. The lowest BCUT2D eigenvalue weighted by molar-refractivity contribution is -0.151. The molecule has 6 heteroatoms. The lowest BCUT2D eigenvalue weighted by atomic mass is 9.78. The molecule has 1 aliphatic carbocycles. The summed E-state index contributed by atoms with van der Waals surface area (Å²) < 4.78 is 5.35. The molecule has 0 aromatic carbocycles. The Labute approximate surface area is 119 Å². The van der Waals surface area contributed by atoms with Gasteiger partial charge in [-0.25, -0.2) is 0 Å². The normalized spacial score (nSPS) is 22.6. The number of ether oxygens (including phenoxy) is 1. The summed E-state index contributed by atoms with van der Waals surface area (Å²) in [6, 6.07) is 0.140. The SMILES string of the molecule is NCC1(C(=O)N(CC(N)=O)C2CCCC2)CCOCC1. The van der Waals surface area contributed by atoms with Crippen LogP contribution in [0.25, 0.3) is 0 Å². The topological polar surface area (TPSA) is 98.7 Å². The number of carbonyl (C=O) groups is 2. The first-order valence-electron chi connectivity index (χ1n) is 7.46. The van der Waals surface area contributed by atoms with Crippen molar-refractivity contribution in [3.8, 4) is 0 Å². The van der Waals surface area contributed by atoms with E-state index in [1.165, 1.54) is 0 Å². The van der Waals surface area contributed by atoms with Crippen LogP contribution in [-0.2, 0) is 14.3 Å². The average molecular weight is 283 g/mol. The minimum atomic E-state index is -0.573. The number of nitrogens with two attached hydrogens (primary N) is 2. The lowest BCUT2D eigenvalue weighted by Gasteiger charge is -2.40. The van der Waals surface area contributed by atoms with E-state index in [9.17, 15) is 9.59 Å². The van der Waals surface area contributed by atoms with Gasteiger partial charge in [0, 0.05) is 25.8 Å². The summed E-state index contributed by atoms with van der Waals surface area (Å²) in [6.07, 6.45) is 5.37. The van der Waals surface area contributed by atoms with Gasteiger partial charge in [-0.05, 0) is 25.7 Å². The van der Waals surface area contributed by atoms with Gasteiger partial charge in [0.15, 0.2) is 0 Å². The molecule has 2 rings (SSSR count). The fourth-order valence-electron chi connectivity index (χ4n) is 3.32. The quantitative estimate of drug-likeness (QED) is 0.742. The van der Waals surface area contributed by atoms with E-state index in [0.29, 0.717) is 32.6 Å². The molecule has 2 fully saturated rings. The van der Waals surface area contributed by atoms with E-state index in [1.54, 1.807) is 4.90 Å². The Bertz CT molecular complexity index is 361. The number of hydrogen-bond donors (Lipinski definition) is 2. The van der Waals surface area contributed by atoms with Gasteiger partial charge in [0.2, 0.25) is 11.8 Å². The molecule has 4 N–H and O–H groups in total. The van der Waals surface area contributed by atoms with Gasteiger partial charge in [-0.3, -0.25) is 9.59 Å². The zero-order chi connectivity index (χ0) is 14.6. The molecule has 1 heterocycles. The molecule has 0 unspecified atom stereocenters. The highest BCUT2D eigenvalue weighted by Crippen LogP contribution is 2.34. The maximum Gasteiger partial charge on any atom is 0.237 e. The van der Waals surface area contributed by atoms with Crippen molar-refractivity contribution in [3.05, 3.63) is 0 Å². The summed E-state index contributed by atoms with van der Waals surface area (Å²) >= 11 is 0. The predicted octanol–water partition coefficient (Wildman–Crippen LogP) is -0.00160. The first kappa shape index (κ1) is 15.3. The lowest BCUT2D eigenvalue weighted by Crippen LogP contribution is -2.55. The van der Waals surface area contributed by atoms with Crippen LogP contribution in [0, 0.1) is 5.41 Å². The molecule has 1 saturated heterocycles. The summed E-state index contributed by atoms with van der Waals surface area (Å²) in [4.78, 5) is 26.0. The zero-order valence-corrected chi connectivity index (χ0v) is 12.0. The second-order valence-electron chi connectivity index (χ2n) is 5.93. The van der Waals surface area contributed by atoms with Crippen molar-refractivity contribution < 1.29 is 14.3 Å². The highest BCUT2D eigenvalue weighted by molar-refractivity contribution is 5.88. The van der Waals surface area contributed by atoms with Crippen LogP contribution < -0.4 is 11.5 Å². The van der Waals surface area contributed by atoms with Crippen LogP contribution >= 0.6 is 0 Å². The molecule has 0 aromatic heterocycles. The third-order valence-electron chi connectivity index (χ3n) is 4.65. The predicted molar refractivity (Wildman–Crippen MR) is 74.7 cm³/mol. The molecular weight excluding hydrogens is 258 g/mol. The molecule has 0 radical (unpaired) electrons. The van der Waals surface area contributed by atoms with Gasteiger partial charge in [-0.2, -0.15) is 0 Å². The highest BCUT2D eigenvalue weighted by Gasteiger charge is 2.43. The summed E-state index contributed by atoms with van der Waals surface area (Å²) in [5, 5.41) is 0. The van der Waals surface area contributed by atoms with Crippen molar-refractivity contribution in [2.24, 2.45) is 16.9 Å². The van der Waals surface area contributed by atoms with Crippen molar-refractivity contribution >= 4 is 11.8 Å². The molecule has 1 aliphatic heterocycles. The fourth-order valence-corrected chi connectivity index (χ4v) is 3.32. The summed E-state index contributed by atoms with van der Waals surface area (Å²) in [7, 11) is 0. The standard InChI is InChI=1S/C14H25N3O3/c15-10-14(5-7-20-8-6-14)13(19)17(9-12(16)18)11-3-1-2-4-11/h11H,1-10,15H2,(H2,16,18). The van der Waals surface area contributed by atoms with Crippen molar-refractivity contribution in [1.82, 2.24) is 4.90 Å². The van der Waals surface area contributed by atoms with Gasteiger partial charge < -0.3 is 21.1 Å². The monoisotopic (exact) mass is 283 g/mol. The van der Waals surface area contributed by atoms with Crippen molar-refractivity contribution in [1.29, 1.82) is 0 Å². The molecule has 6 nitrogen and oxygen atoms in total.